The van der Waals surface area contributed by atoms with E-state index in [9.17, 15) is 4.39 Å². The van der Waals surface area contributed by atoms with Crippen LogP contribution in [0.25, 0.3) is 0 Å². The highest BCUT2D eigenvalue weighted by molar-refractivity contribution is 5.22. The van der Waals surface area contributed by atoms with E-state index in [-0.39, 0.29) is 12.4 Å². The van der Waals surface area contributed by atoms with Crippen LogP contribution in [-0.4, -0.2) is 11.2 Å². The maximum atomic E-state index is 12.7. The lowest BCUT2D eigenvalue weighted by Crippen LogP contribution is -2.21. The van der Waals surface area contributed by atoms with Crippen LogP contribution in [0.1, 0.15) is 25.3 Å². The molecule has 1 heterocycles. The van der Waals surface area contributed by atoms with Crippen LogP contribution in [0.4, 0.5) is 4.39 Å². The Kier molecular flexibility index (Phi) is 4.52. The SMILES string of the molecule is CC(C)NCc1cc(COc2ccc(F)cc2)on1. The fourth-order valence-corrected chi connectivity index (χ4v) is 1.50. The van der Waals surface area contributed by atoms with Gasteiger partial charge in [0.25, 0.3) is 0 Å². The average molecular weight is 264 g/mol. The molecule has 0 aliphatic rings. The van der Waals surface area contributed by atoms with E-state index in [2.05, 4.69) is 24.3 Å². The molecule has 102 valence electrons. The number of ether oxygens (including phenoxy) is 1. The summed E-state index contributed by atoms with van der Waals surface area (Å²) in [6.07, 6.45) is 0. The second-order valence-corrected chi connectivity index (χ2v) is 4.56. The second-order valence-electron chi connectivity index (χ2n) is 4.56. The largest absolute Gasteiger partial charge is 0.486 e. The highest BCUT2D eigenvalue weighted by atomic mass is 19.1. The summed E-state index contributed by atoms with van der Waals surface area (Å²) in [5.74, 6) is 0.957. The van der Waals surface area contributed by atoms with Gasteiger partial charge in [0.1, 0.15) is 18.2 Å². The quantitative estimate of drug-likeness (QED) is 0.871. The van der Waals surface area contributed by atoms with Crippen molar-refractivity contribution in [2.75, 3.05) is 0 Å². The number of nitrogens with one attached hydrogen (secondary N) is 1. The van der Waals surface area contributed by atoms with Gasteiger partial charge in [-0.1, -0.05) is 19.0 Å². The van der Waals surface area contributed by atoms with Crippen molar-refractivity contribution in [1.82, 2.24) is 10.5 Å². The summed E-state index contributed by atoms with van der Waals surface area (Å²) in [5, 5.41) is 7.19. The molecule has 0 unspecified atom stereocenters. The van der Waals surface area contributed by atoms with Crippen molar-refractivity contribution in [2.24, 2.45) is 0 Å². The molecule has 0 atom stereocenters. The van der Waals surface area contributed by atoms with Gasteiger partial charge in [0.05, 0.1) is 5.69 Å². The molecule has 0 aliphatic heterocycles. The molecule has 0 bridgehead atoms. The first-order valence-corrected chi connectivity index (χ1v) is 6.19. The van der Waals surface area contributed by atoms with Crippen molar-refractivity contribution in [3.05, 3.63) is 47.6 Å². The van der Waals surface area contributed by atoms with E-state index in [1.807, 2.05) is 6.07 Å². The van der Waals surface area contributed by atoms with Gasteiger partial charge < -0.3 is 14.6 Å². The predicted molar refractivity (Wildman–Crippen MR) is 69.2 cm³/mol. The third-order valence-electron chi connectivity index (χ3n) is 2.49. The van der Waals surface area contributed by atoms with E-state index in [0.717, 1.165) is 5.69 Å². The minimum Gasteiger partial charge on any atom is -0.486 e. The summed E-state index contributed by atoms with van der Waals surface area (Å²) in [7, 11) is 0. The van der Waals surface area contributed by atoms with Gasteiger partial charge in [-0.2, -0.15) is 0 Å². The first-order chi connectivity index (χ1) is 9.13. The Morgan fingerprint density at radius 1 is 1.32 bits per heavy atom. The molecular formula is C14H17FN2O2. The van der Waals surface area contributed by atoms with E-state index in [1.54, 1.807) is 12.1 Å². The molecule has 1 N–H and O–H groups in total. The molecule has 0 spiro atoms. The number of benzene rings is 1. The fourth-order valence-electron chi connectivity index (χ4n) is 1.50. The molecule has 4 nitrogen and oxygen atoms in total. The van der Waals surface area contributed by atoms with Crippen molar-refractivity contribution in [3.63, 3.8) is 0 Å². The summed E-state index contributed by atoms with van der Waals surface area (Å²) in [5.41, 5.74) is 0.839. The monoisotopic (exact) mass is 264 g/mol. The van der Waals surface area contributed by atoms with Crippen molar-refractivity contribution < 1.29 is 13.7 Å². The Labute approximate surface area is 111 Å². The molecule has 19 heavy (non-hydrogen) atoms. The van der Waals surface area contributed by atoms with Gasteiger partial charge >= 0.3 is 0 Å². The summed E-state index contributed by atoms with van der Waals surface area (Å²) in [6, 6.07) is 8.11. The molecule has 0 fully saturated rings. The Bertz CT molecular complexity index is 508. The van der Waals surface area contributed by atoms with Gasteiger partial charge in [-0.15, -0.1) is 0 Å². The third-order valence-corrected chi connectivity index (χ3v) is 2.49. The molecule has 0 radical (unpaired) electrons. The molecule has 0 saturated carbocycles. The topological polar surface area (TPSA) is 47.3 Å². The molecule has 5 heteroatoms. The van der Waals surface area contributed by atoms with Crippen molar-refractivity contribution in [1.29, 1.82) is 0 Å². The van der Waals surface area contributed by atoms with E-state index < -0.39 is 0 Å². The summed E-state index contributed by atoms with van der Waals surface area (Å²) in [4.78, 5) is 0. The lowest BCUT2D eigenvalue weighted by atomic mass is 10.3. The summed E-state index contributed by atoms with van der Waals surface area (Å²) in [6.45, 7) is 5.08. The number of halogens is 1. The van der Waals surface area contributed by atoms with Crippen LogP contribution < -0.4 is 10.1 Å². The van der Waals surface area contributed by atoms with Crippen LogP contribution in [-0.2, 0) is 13.2 Å². The molecule has 1 aromatic heterocycles. The van der Waals surface area contributed by atoms with Crippen molar-refractivity contribution >= 4 is 0 Å². The highest BCUT2D eigenvalue weighted by Crippen LogP contribution is 2.14. The molecule has 0 saturated heterocycles. The summed E-state index contributed by atoms with van der Waals surface area (Å²) < 4.78 is 23.3. The fraction of sp³-hybridized carbons (Fsp3) is 0.357. The van der Waals surface area contributed by atoms with Crippen LogP contribution in [0.15, 0.2) is 34.9 Å². The van der Waals surface area contributed by atoms with E-state index in [1.165, 1.54) is 12.1 Å². The Hall–Kier alpha value is -1.88. The zero-order chi connectivity index (χ0) is 13.7. The number of hydrogen-bond donors (Lipinski definition) is 1. The zero-order valence-corrected chi connectivity index (χ0v) is 11.0. The minimum atomic E-state index is -0.283. The maximum Gasteiger partial charge on any atom is 0.174 e. The lowest BCUT2D eigenvalue weighted by molar-refractivity contribution is 0.248. The van der Waals surface area contributed by atoms with E-state index in [0.29, 0.717) is 24.1 Å². The molecular weight excluding hydrogens is 247 g/mol. The van der Waals surface area contributed by atoms with Gasteiger partial charge in [0.2, 0.25) is 0 Å². The summed E-state index contributed by atoms with van der Waals surface area (Å²) >= 11 is 0. The molecule has 1 aromatic carbocycles. The third kappa shape index (κ3) is 4.37. The van der Waals surface area contributed by atoms with Gasteiger partial charge in [0.15, 0.2) is 5.76 Å². The molecule has 0 amide bonds. The standard InChI is InChI=1S/C14H17FN2O2/c1-10(2)16-8-12-7-14(19-17-12)9-18-13-5-3-11(15)4-6-13/h3-7,10,16H,8-9H2,1-2H3. The first-order valence-electron chi connectivity index (χ1n) is 6.19. The van der Waals surface area contributed by atoms with E-state index >= 15 is 0 Å². The van der Waals surface area contributed by atoms with Crippen LogP contribution in [0.3, 0.4) is 0 Å². The van der Waals surface area contributed by atoms with Crippen molar-refractivity contribution in [3.8, 4) is 5.75 Å². The van der Waals surface area contributed by atoms with Gasteiger partial charge in [0, 0.05) is 18.7 Å². The Morgan fingerprint density at radius 3 is 2.74 bits per heavy atom. The first kappa shape index (κ1) is 13.5. The van der Waals surface area contributed by atoms with Gasteiger partial charge in [-0.25, -0.2) is 4.39 Å². The van der Waals surface area contributed by atoms with Crippen LogP contribution in [0.2, 0.25) is 0 Å². The predicted octanol–water partition coefficient (Wildman–Crippen LogP) is 2.89. The van der Waals surface area contributed by atoms with E-state index in [4.69, 9.17) is 9.26 Å². The number of hydrogen-bond acceptors (Lipinski definition) is 4. The maximum absolute atomic E-state index is 12.7. The average Bonchev–Trinajstić information content (AvgIpc) is 2.84. The molecule has 0 aliphatic carbocycles. The smallest absolute Gasteiger partial charge is 0.174 e. The number of aromatic nitrogens is 1. The number of nitrogens with zero attached hydrogens (tertiary/aromatic N) is 1. The molecule has 2 rings (SSSR count). The lowest BCUT2D eigenvalue weighted by Gasteiger charge is -2.04. The van der Waals surface area contributed by atoms with Crippen molar-refractivity contribution in [2.45, 2.75) is 33.0 Å². The second kappa shape index (κ2) is 6.33. The van der Waals surface area contributed by atoms with Crippen LogP contribution in [0, 0.1) is 5.82 Å². The Morgan fingerprint density at radius 2 is 2.05 bits per heavy atom. The normalized spacial score (nSPS) is 10.9. The minimum absolute atomic E-state index is 0.278. The Balaban J connectivity index is 1.84. The zero-order valence-electron chi connectivity index (χ0n) is 11.0. The van der Waals surface area contributed by atoms with Crippen LogP contribution >= 0.6 is 0 Å². The van der Waals surface area contributed by atoms with Gasteiger partial charge in [-0.05, 0) is 24.3 Å². The van der Waals surface area contributed by atoms with Crippen LogP contribution in [0.5, 0.6) is 5.75 Å². The van der Waals surface area contributed by atoms with Gasteiger partial charge in [-0.3, -0.25) is 0 Å². The number of rotatable bonds is 6. The molecule has 2 aromatic rings. The highest BCUT2D eigenvalue weighted by Gasteiger charge is 2.05.